The second-order valence-electron chi connectivity index (χ2n) is 5.67. The Hall–Kier alpha value is -3.31. The normalized spacial score (nSPS) is 11.3. The maximum absolute atomic E-state index is 12.9. The molecule has 11 heteroatoms. The molecule has 1 aromatic heterocycles. The highest BCUT2D eigenvalue weighted by Gasteiger charge is 2.14. The smallest absolute Gasteiger partial charge is 0.326 e. The van der Waals surface area contributed by atoms with Gasteiger partial charge in [-0.15, -0.1) is 0 Å². The third-order valence-electron chi connectivity index (χ3n) is 3.63. The monoisotopic (exact) mass is 406 g/mol. The first-order chi connectivity index (χ1) is 13.3. The van der Waals surface area contributed by atoms with Gasteiger partial charge in [0.15, 0.2) is 5.82 Å². The Morgan fingerprint density at radius 1 is 1.18 bits per heavy atom. The highest BCUT2D eigenvalue weighted by Crippen LogP contribution is 2.18. The number of nitrogens with zero attached hydrogens (tertiary/aromatic N) is 1. The van der Waals surface area contributed by atoms with Crippen molar-refractivity contribution < 1.29 is 22.1 Å². The third kappa shape index (κ3) is 4.90. The van der Waals surface area contributed by atoms with E-state index in [0.717, 1.165) is 24.3 Å². The molecule has 0 radical (unpaired) electrons. The van der Waals surface area contributed by atoms with E-state index in [0.29, 0.717) is 11.3 Å². The predicted molar refractivity (Wildman–Crippen MR) is 97.4 cm³/mol. The summed E-state index contributed by atoms with van der Waals surface area (Å²) in [6.45, 7) is -0.137. The number of rotatable bonds is 7. The van der Waals surface area contributed by atoms with Crippen LogP contribution in [0.2, 0.25) is 0 Å². The number of H-pyrrole nitrogens is 1. The molecule has 0 fully saturated rings. The van der Waals surface area contributed by atoms with Crippen molar-refractivity contribution in [2.75, 3.05) is 11.9 Å². The van der Waals surface area contributed by atoms with Crippen LogP contribution in [0.4, 0.5) is 10.1 Å². The molecule has 0 aliphatic heterocycles. The number of nitrogens with one attached hydrogen (secondary N) is 3. The zero-order valence-corrected chi connectivity index (χ0v) is 15.1. The van der Waals surface area contributed by atoms with Gasteiger partial charge in [-0.3, -0.25) is 14.3 Å². The zero-order valence-electron chi connectivity index (χ0n) is 14.3. The molecule has 1 heterocycles. The second-order valence-corrected chi connectivity index (χ2v) is 7.44. The van der Waals surface area contributed by atoms with E-state index in [1.807, 2.05) is 0 Å². The van der Waals surface area contributed by atoms with Gasteiger partial charge in [0.25, 0.3) is 0 Å². The van der Waals surface area contributed by atoms with Gasteiger partial charge >= 0.3 is 5.76 Å². The van der Waals surface area contributed by atoms with Crippen LogP contribution in [0.15, 0.2) is 62.7 Å². The van der Waals surface area contributed by atoms with Crippen molar-refractivity contribution in [3.8, 4) is 11.4 Å². The Morgan fingerprint density at radius 3 is 2.61 bits per heavy atom. The maximum atomic E-state index is 12.9. The lowest BCUT2D eigenvalue weighted by atomic mass is 10.2. The number of benzene rings is 2. The van der Waals surface area contributed by atoms with Crippen LogP contribution >= 0.6 is 0 Å². The van der Waals surface area contributed by atoms with E-state index in [4.69, 9.17) is 0 Å². The number of halogens is 1. The van der Waals surface area contributed by atoms with Gasteiger partial charge in [0.1, 0.15) is 5.82 Å². The molecule has 28 heavy (non-hydrogen) atoms. The van der Waals surface area contributed by atoms with E-state index < -0.39 is 27.5 Å². The summed E-state index contributed by atoms with van der Waals surface area (Å²) in [5, 5.41) is 6.18. The molecule has 1 amide bonds. The molecule has 0 aliphatic rings. The first-order valence-corrected chi connectivity index (χ1v) is 9.53. The number of carbonyl (C=O) groups is 1. The summed E-state index contributed by atoms with van der Waals surface area (Å²) in [4.78, 5) is 25.4. The summed E-state index contributed by atoms with van der Waals surface area (Å²) in [5.74, 6) is -1.45. The fourth-order valence-corrected chi connectivity index (χ4v) is 3.35. The Kier molecular flexibility index (Phi) is 5.66. The van der Waals surface area contributed by atoms with Crippen molar-refractivity contribution in [1.82, 2.24) is 14.9 Å². The average molecular weight is 406 g/mol. The highest BCUT2D eigenvalue weighted by atomic mass is 32.2. The number of hydrogen-bond acceptors (Lipinski definition) is 6. The Balaban J connectivity index is 1.56. The van der Waals surface area contributed by atoms with Crippen molar-refractivity contribution in [2.24, 2.45) is 0 Å². The summed E-state index contributed by atoms with van der Waals surface area (Å²) < 4.78 is 43.7. The van der Waals surface area contributed by atoms with Crippen LogP contribution in [0.3, 0.4) is 0 Å². The standard InChI is InChI=1S/C17H15FN4O5S/c18-12-4-6-14(7-5-12)28(25,26)19-9-8-15(23)20-13-3-1-2-11(10-13)16-21-17(24)27-22-16/h1-7,10,19H,8-9H2,(H,20,23)(H,21,22,24). The summed E-state index contributed by atoms with van der Waals surface area (Å²) in [6.07, 6.45) is -0.120. The van der Waals surface area contributed by atoms with Gasteiger partial charge in [-0.25, -0.2) is 22.3 Å². The lowest BCUT2D eigenvalue weighted by Gasteiger charge is -2.08. The van der Waals surface area contributed by atoms with Crippen LogP contribution in [-0.2, 0) is 14.8 Å². The second kappa shape index (κ2) is 8.15. The van der Waals surface area contributed by atoms with E-state index in [9.17, 15) is 22.4 Å². The van der Waals surface area contributed by atoms with Gasteiger partial charge in [-0.1, -0.05) is 17.3 Å². The average Bonchev–Trinajstić information content (AvgIpc) is 3.08. The molecule has 9 nitrogen and oxygen atoms in total. The topological polar surface area (TPSA) is 134 Å². The molecule has 0 saturated carbocycles. The minimum Gasteiger partial charge on any atom is -0.326 e. The van der Waals surface area contributed by atoms with E-state index in [2.05, 4.69) is 24.7 Å². The highest BCUT2D eigenvalue weighted by molar-refractivity contribution is 7.89. The molecule has 3 N–H and O–H groups in total. The van der Waals surface area contributed by atoms with Crippen LogP contribution in [0.25, 0.3) is 11.4 Å². The van der Waals surface area contributed by atoms with Gasteiger partial charge in [0.2, 0.25) is 15.9 Å². The van der Waals surface area contributed by atoms with E-state index >= 15 is 0 Å². The van der Waals surface area contributed by atoms with E-state index in [1.54, 1.807) is 24.3 Å². The third-order valence-corrected chi connectivity index (χ3v) is 5.11. The number of carbonyl (C=O) groups excluding carboxylic acids is 1. The molecular weight excluding hydrogens is 391 g/mol. The first kappa shape index (κ1) is 19.5. The summed E-state index contributed by atoms with van der Waals surface area (Å²) in [6, 6.07) is 10.9. The van der Waals surface area contributed by atoms with Crippen LogP contribution < -0.4 is 15.8 Å². The van der Waals surface area contributed by atoms with Crippen molar-refractivity contribution in [3.05, 3.63) is 64.9 Å². The molecule has 0 saturated heterocycles. The predicted octanol–water partition coefficient (Wildman–Crippen LogP) is 1.48. The van der Waals surface area contributed by atoms with Crippen molar-refractivity contribution in [3.63, 3.8) is 0 Å². The lowest BCUT2D eigenvalue weighted by molar-refractivity contribution is -0.116. The molecule has 0 spiro atoms. The molecule has 0 unspecified atom stereocenters. The number of anilines is 1. The molecule has 0 aliphatic carbocycles. The molecule has 2 aromatic carbocycles. The van der Waals surface area contributed by atoms with E-state index in [1.165, 1.54) is 0 Å². The van der Waals surface area contributed by atoms with E-state index in [-0.39, 0.29) is 23.7 Å². The largest absolute Gasteiger partial charge is 0.439 e. The van der Waals surface area contributed by atoms with Gasteiger partial charge in [-0.05, 0) is 36.4 Å². The molecular formula is C17H15FN4O5S. The molecule has 3 aromatic rings. The number of amides is 1. The molecule has 146 valence electrons. The van der Waals surface area contributed by atoms with Crippen molar-refractivity contribution >= 4 is 21.6 Å². The quantitative estimate of drug-likeness (QED) is 0.544. The minimum atomic E-state index is -3.84. The fourth-order valence-electron chi connectivity index (χ4n) is 2.32. The van der Waals surface area contributed by atoms with Gasteiger partial charge < -0.3 is 5.32 Å². The van der Waals surface area contributed by atoms with Crippen molar-refractivity contribution in [2.45, 2.75) is 11.3 Å². The van der Waals surface area contributed by atoms with Gasteiger partial charge in [0, 0.05) is 24.2 Å². The lowest BCUT2D eigenvalue weighted by Crippen LogP contribution is -2.27. The number of hydrogen-bond donors (Lipinski definition) is 3. The fraction of sp³-hybridized carbons (Fsp3) is 0.118. The van der Waals surface area contributed by atoms with Crippen LogP contribution in [0.1, 0.15) is 6.42 Å². The van der Waals surface area contributed by atoms with Crippen LogP contribution in [0.5, 0.6) is 0 Å². The van der Waals surface area contributed by atoms with Crippen molar-refractivity contribution in [1.29, 1.82) is 0 Å². The van der Waals surface area contributed by atoms with Gasteiger partial charge in [0.05, 0.1) is 4.90 Å². The first-order valence-electron chi connectivity index (χ1n) is 8.05. The minimum absolute atomic E-state index is 0.0939. The summed E-state index contributed by atoms with van der Waals surface area (Å²) in [7, 11) is -3.84. The number of aromatic nitrogens is 2. The van der Waals surface area contributed by atoms with Gasteiger partial charge in [-0.2, -0.15) is 0 Å². The Bertz CT molecular complexity index is 1140. The number of sulfonamides is 1. The summed E-state index contributed by atoms with van der Waals surface area (Å²) in [5.41, 5.74) is 0.966. The SMILES string of the molecule is O=C(CCNS(=O)(=O)c1ccc(F)cc1)Nc1cccc(-c2noc(=O)[nH]2)c1. The number of aromatic amines is 1. The molecule has 0 atom stereocenters. The van der Waals surface area contributed by atoms with Crippen LogP contribution in [-0.4, -0.2) is 31.0 Å². The zero-order chi connectivity index (χ0) is 20.1. The van der Waals surface area contributed by atoms with Crippen LogP contribution in [0, 0.1) is 5.82 Å². The molecule has 3 rings (SSSR count). The molecule has 0 bridgehead atoms. The Morgan fingerprint density at radius 2 is 1.93 bits per heavy atom. The maximum Gasteiger partial charge on any atom is 0.439 e. The Labute approximate surface area is 158 Å². The summed E-state index contributed by atoms with van der Waals surface area (Å²) >= 11 is 0.